The monoisotopic (exact) mass is 275 g/mol. The molecular weight excluding hydrogens is 262 g/mol. The molecule has 0 unspecified atom stereocenters. The summed E-state index contributed by atoms with van der Waals surface area (Å²) in [5.74, 6) is 0.464. The Kier molecular flexibility index (Phi) is 2.74. The van der Waals surface area contributed by atoms with Crippen molar-refractivity contribution >= 4 is 37.5 Å². The van der Waals surface area contributed by atoms with Crippen molar-refractivity contribution in [2.75, 3.05) is 19.0 Å². The third-order valence-electron chi connectivity index (χ3n) is 2.96. The van der Waals surface area contributed by atoms with Crippen molar-refractivity contribution in [3.05, 3.63) is 28.6 Å². The van der Waals surface area contributed by atoms with Crippen LogP contribution in [0.4, 0.5) is 5.69 Å². The largest absolute Gasteiger partial charge is 0.407 e. The third kappa shape index (κ3) is 1.79. The summed E-state index contributed by atoms with van der Waals surface area (Å²) < 4.78 is 5.71. The molecule has 6 heteroatoms. The van der Waals surface area contributed by atoms with Gasteiger partial charge in [0.25, 0.3) is 0 Å². The predicted octanol–water partition coefficient (Wildman–Crippen LogP) is 2.43. The number of hydrogen-bond acceptors (Lipinski definition) is 6. The molecule has 98 valence electrons. The molecule has 19 heavy (non-hydrogen) atoms. The van der Waals surface area contributed by atoms with Crippen molar-refractivity contribution in [1.29, 1.82) is 0 Å². The van der Waals surface area contributed by atoms with Gasteiger partial charge in [-0.15, -0.1) is 11.3 Å². The molecule has 0 aliphatic carbocycles. The molecule has 0 saturated heterocycles. The molecule has 0 radical (unpaired) electrons. The first-order valence-electron chi connectivity index (χ1n) is 6.00. The molecule has 0 N–H and O–H groups in total. The summed E-state index contributed by atoms with van der Waals surface area (Å²) in [6.07, 6.45) is 2.34. The topological polar surface area (TPSA) is 59.2 Å². The smallest absolute Gasteiger partial charge is 0.357 e. The van der Waals surface area contributed by atoms with Gasteiger partial charge in [-0.25, -0.2) is 14.8 Å². The Morgan fingerprint density at radius 1 is 1.42 bits per heavy atom. The highest BCUT2D eigenvalue weighted by Crippen LogP contribution is 2.35. The first-order valence-corrected chi connectivity index (χ1v) is 6.82. The molecule has 0 saturated carbocycles. The molecule has 0 fully saturated rings. The number of rotatable bonds is 2. The van der Waals surface area contributed by atoms with Crippen LogP contribution in [0.1, 0.15) is 12.8 Å². The van der Waals surface area contributed by atoms with E-state index in [-0.39, 0.29) is 5.63 Å². The Morgan fingerprint density at radius 2 is 2.21 bits per heavy atom. The van der Waals surface area contributed by atoms with Crippen LogP contribution in [0.25, 0.3) is 20.4 Å². The van der Waals surface area contributed by atoms with Crippen molar-refractivity contribution in [1.82, 2.24) is 9.97 Å². The molecule has 0 spiro atoms. The van der Waals surface area contributed by atoms with Crippen molar-refractivity contribution < 1.29 is 4.42 Å². The van der Waals surface area contributed by atoms with E-state index in [0.717, 1.165) is 15.9 Å². The fourth-order valence-corrected chi connectivity index (χ4v) is 3.04. The average molecular weight is 275 g/mol. The number of aryl methyl sites for hydroxylation is 1. The van der Waals surface area contributed by atoms with Crippen molar-refractivity contribution in [2.45, 2.75) is 13.3 Å². The molecule has 0 aliphatic rings. The second-order valence-electron chi connectivity index (χ2n) is 4.43. The summed E-state index contributed by atoms with van der Waals surface area (Å²) >= 11 is 1.33. The Balaban J connectivity index is 2.53. The molecule has 0 aliphatic heterocycles. The van der Waals surface area contributed by atoms with Crippen LogP contribution in [0.15, 0.2) is 21.5 Å². The van der Waals surface area contributed by atoms with Crippen LogP contribution in [0, 0.1) is 0 Å². The van der Waals surface area contributed by atoms with Gasteiger partial charge in [-0.2, -0.15) is 0 Å². The van der Waals surface area contributed by atoms with Crippen LogP contribution < -0.4 is 10.5 Å². The van der Waals surface area contributed by atoms with Crippen LogP contribution in [0.5, 0.6) is 0 Å². The molecule has 0 atom stereocenters. The quantitative estimate of drug-likeness (QED) is 0.719. The lowest BCUT2D eigenvalue weighted by Crippen LogP contribution is -2.09. The minimum absolute atomic E-state index is 0.324. The Labute approximate surface area is 113 Å². The lowest BCUT2D eigenvalue weighted by atomic mass is 10.2. The molecule has 5 nitrogen and oxygen atoms in total. The summed E-state index contributed by atoms with van der Waals surface area (Å²) in [6.45, 7) is 1.91. The number of hydrogen-bond donors (Lipinski definition) is 0. The van der Waals surface area contributed by atoms with Crippen molar-refractivity contribution in [3.8, 4) is 0 Å². The zero-order valence-electron chi connectivity index (χ0n) is 10.9. The highest BCUT2D eigenvalue weighted by atomic mass is 32.1. The molecule has 3 aromatic heterocycles. The molecule has 0 amide bonds. The number of nitrogens with zero attached hydrogens (tertiary/aromatic N) is 3. The summed E-state index contributed by atoms with van der Waals surface area (Å²) in [4.78, 5) is 23.6. The average Bonchev–Trinajstić information content (AvgIpc) is 2.77. The summed E-state index contributed by atoms with van der Waals surface area (Å²) in [5, 5.41) is 0.926. The number of fused-ring (bicyclic) bond motifs is 3. The lowest BCUT2D eigenvalue weighted by Gasteiger charge is -2.13. The predicted molar refractivity (Wildman–Crippen MR) is 77.2 cm³/mol. The number of aromatic nitrogens is 2. The first kappa shape index (κ1) is 12.1. The van der Waals surface area contributed by atoms with E-state index in [1.807, 2.05) is 32.0 Å². The first-order chi connectivity index (χ1) is 9.11. The molecular formula is C13H13N3O2S. The van der Waals surface area contributed by atoms with Crippen molar-refractivity contribution in [2.24, 2.45) is 0 Å². The number of thiophene rings is 1. The van der Waals surface area contributed by atoms with E-state index in [9.17, 15) is 4.79 Å². The van der Waals surface area contributed by atoms with Crippen LogP contribution in [0.2, 0.25) is 0 Å². The zero-order valence-corrected chi connectivity index (χ0v) is 11.7. The van der Waals surface area contributed by atoms with Gasteiger partial charge < -0.3 is 9.32 Å². The summed E-state index contributed by atoms with van der Waals surface area (Å²) in [6, 6.07) is 1.93. The van der Waals surface area contributed by atoms with Crippen LogP contribution in [-0.4, -0.2) is 24.1 Å². The van der Waals surface area contributed by atoms with Crippen LogP contribution >= 0.6 is 11.3 Å². The minimum Gasteiger partial charge on any atom is -0.407 e. The fraction of sp³-hybridized carbons (Fsp3) is 0.308. The van der Waals surface area contributed by atoms with Gasteiger partial charge in [-0.05, 0) is 6.07 Å². The minimum atomic E-state index is -0.324. The van der Waals surface area contributed by atoms with E-state index >= 15 is 0 Å². The number of anilines is 1. The third-order valence-corrected chi connectivity index (χ3v) is 4.03. The van der Waals surface area contributed by atoms with E-state index in [2.05, 4.69) is 9.97 Å². The SMILES string of the molecule is CCc1nc2c(sc3nccc(N(C)C)c32)c(=O)o1. The van der Waals surface area contributed by atoms with Gasteiger partial charge in [0.15, 0.2) is 5.89 Å². The standard InChI is InChI=1S/C13H13N3O2S/c1-4-8-15-10-9-7(16(2)3)5-6-14-12(9)19-11(10)13(17)18-8/h5-6H,4H2,1-3H3. The number of pyridine rings is 1. The molecule has 0 aromatic carbocycles. The fourth-order valence-electron chi connectivity index (χ4n) is 2.06. The van der Waals surface area contributed by atoms with Gasteiger partial charge in [0, 0.05) is 26.7 Å². The normalized spacial score (nSPS) is 11.3. The van der Waals surface area contributed by atoms with Crippen LogP contribution in [0.3, 0.4) is 0 Å². The van der Waals surface area contributed by atoms with E-state index in [1.54, 1.807) is 6.20 Å². The zero-order chi connectivity index (χ0) is 13.6. The Hall–Kier alpha value is -1.95. The van der Waals surface area contributed by atoms with Crippen LogP contribution in [-0.2, 0) is 6.42 Å². The van der Waals surface area contributed by atoms with Gasteiger partial charge in [0.05, 0.1) is 11.1 Å². The second-order valence-corrected chi connectivity index (χ2v) is 5.43. The molecule has 3 heterocycles. The van der Waals surface area contributed by atoms with E-state index in [1.165, 1.54) is 11.3 Å². The molecule has 3 rings (SSSR count). The Morgan fingerprint density at radius 3 is 2.89 bits per heavy atom. The van der Waals surface area contributed by atoms with Gasteiger partial charge in [0.1, 0.15) is 15.0 Å². The molecule has 0 bridgehead atoms. The highest BCUT2D eigenvalue weighted by Gasteiger charge is 2.16. The summed E-state index contributed by atoms with van der Waals surface area (Å²) in [7, 11) is 3.93. The highest BCUT2D eigenvalue weighted by molar-refractivity contribution is 7.25. The second kappa shape index (κ2) is 4.31. The van der Waals surface area contributed by atoms with Gasteiger partial charge in [-0.1, -0.05) is 6.92 Å². The van der Waals surface area contributed by atoms with Crippen molar-refractivity contribution in [3.63, 3.8) is 0 Å². The lowest BCUT2D eigenvalue weighted by molar-refractivity contribution is 0.451. The van der Waals surface area contributed by atoms with E-state index in [0.29, 0.717) is 22.5 Å². The van der Waals surface area contributed by atoms with E-state index in [4.69, 9.17) is 4.42 Å². The maximum atomic E-state index is 12.0. The molecule has 3 aromatic rings. The maximum absolute atomic E-state index is 12.0. The Bertz CT molecular complexity index is 820. The van der Waals surface area contributed by atoms with Gasteiger partial charge in [0.2, 0.25) is 0 Å². The maximum Gasteiger partial charge on any atom is 0.357 e. The van der Waals surface area contributed by atoms with Gasteiger partial charge >= 0.3 is 5.63 Å². The van der Waals surface area contributed by atoms with E-state index < -0.39 is 0 Å². The summed E-state index contributed by atoms with van der Waals surface area (Å²) in [5.41, 5.74) is 1.39. The van der Waals surface area contributed by atoms with Gasteiger partial charge in [-0.3, -0.25) is 0 Å².